The number of ketones is 1. The SMILES string of the molecule is CC(=O)C=C(c1c[nH]c2ccc(Br)cc12)c1c[nH]c2ccc(Br)cc12. The van der Waals surface area contributed by atoms with E-state index in [2.05, 4.69) is 54.0 Å². The van der Waals surface area contributed by atoms with E-state index in [-0.39, 0.29) is 5.78 Å². The molecule has 0 atom stereocenters. The molecular weight excluding hydrogens is 444 g/mol. The molecule has 0 saturated heterocycles. The first-order valence-electron chi connectivity index (χ1n) is 7.79. The predicted molar refractivity (Wildman–Crippen MR) is 110 cm³/mol. The Balaban J connectivity index is 2.02. The molecule has 0 amide bonds. The monoisotopic (exact) mass is 456 g/mol. The van der Waals surface area contributed by atoms with Crippen LogP contribution in [-0.2, 0) is 4.79 Å². The predicted octanol–water partition coefficient (Wildman–Crippen LogP) is 6.19. The minimum atomic E-state index is 0.0173. The molecule has 5 heteroatoms. The summed E-state index contributed by atoms with van der Waals surface area (Å²) in [6, 6.07) is 12.2. The van der Waals surface area contributed by atoms with Crippen LogP contribution in [0.1, 0.15) is 18.1 Å². The number of hydrogen-bond acceptors (Lipinski definition) is 1. The van der Waals surface area contributed by atoms with E-state index in [1.54, 1.807) is 13.0 Å². The molecule has 4 aromatic rings. The molecule has 0 aliphatic carbocycles. The van der Waals surface area contributed by atoms with Crippen LogP contribution in [0.4, 0.5) is 0 Å². The molecule has 0 spiro atoms. The van der Waals surface area contributed by atoms with Crippen LogP contribution in [0.2, 0.25) is 0 Å². The van der Waals surface area contributed by atoms with Gasteiger partial charge >= 0.3 is 0 Å². The Morgan fingerprint density at radius 3 is 1.80 bits per heavy atom. The lowest BCUT2D eigenvalue weighted by atomic mass is 9.96. The highest BCUT2D eigenvalue weighted by molar-refractivity contribution is 9.10. The van der Waals surface area contributed by atoms with Crippen LogP contribution < -0.4 is 0 Å². The van der Waals surface area contributed by atoms with Crippen LogP contribution in [-0.4, -0.2) is 15.8 Å². The maximum Gasteiger partial charge on any atom is 0.153 e. The Hall–Kier alpha value is -2.11. The largest absolute Gasteiger partial charge is 0.361 e. The number of allylic oxidation sites excluding steroid dienone is 1. The maximum absolute atomic E-state index is 11.9. The van der Waals surface area contributed by atoms with E-state index in [0.29, 0.717) is 0 Å². The zero-order chi connectivity index (χ0) is 17.6. The number of halogens is 2. The number of carbonyl (C=O) groups is 1. The van der Waals surface area contributed by atoms with Crippen LogP contribution in [0.5, 0.6) is 0 Å². The quantitative estimate of drug-likeness (QED) is 0.354. The number of H-pyrrole nitrogens is 2. The van der Waals surface area contributed by atoms with Gasteiger partial charge in [0.05, 0.1) is 0 Å². The summed E-state index contributed by atoms with van der Waals surface area (Å²) in [5.41, 5.74) is 4.99. The van der Waals surface area contributed by atoms with Gasteiger partial charge in [0.1, 0.15) is 0 Å². The molecule has 0 bridgehead atoms. The Bertz CT molecular complexity index is 1070. The molecule has 0 fully saturated rings. The lowest BCUT2D eigenvalue weighted by Gasteiger charge is -2.06. The minimum Gasteiger partial charge on any atom is -0.361 e. The lowest BCUT2D eigenvalue weighted by Crippen LogP contribution is -1.91. The molecule has 0 aliphatic heterocycles. The van der Waals surface area contributed by atoms with E-state index in [1.165, 1.54) is 0 Å². The van der Waals surface area contributed by atoms with Gasteiger partial charge in [-0.15, -0.1) is 0 Å². The summed E-state index contributed by atoms with van der Waals surface area (Å²) in [6.45, 7) is 1.58. The first kappa shape index (κ1) is 16.4. The first-order valence-corrected chi connectivity index (χ1v) is 9.38. The number of hydrogen-bond donors (Lipinski definition) is 2. The second-order valence-corrected chi connectivity index (χ2v) is 7.78. The number of benzene rings is 2. The highest BCUT2D eigenvalue weighted by Crippen LogP contribution is 2.35. The van der Waals surface area contributed by atoms with E-state index >= 15 is 0 Å². The van der Waals surface area contributed by atoms with E-state index in [9.17, 15) is 4.79 Å². The van der Waals surface area contributed by atoms with Crippen molar-refractivity contribution in [2.45, 2.75) is 6.92 Å². The smallest absolute Gasteiger partial charge is 0.153 e. The molecule has 3 nitrogen and oxygen atoms in total. The minimum absolute atomic E-state index is 0.0173. The van der Waals surface area contributed by atoms with Crippen molar-refractivity contribution in [1.29, 1.82) is 0 Å². The fraction of sp³-hybridized carbons (Fsp3) is 0.0500. The summed E-state index contributed by atoms with van der Waals surface area (Å²) in [5, 5.41) is 2.15. The van der Waals surface area contributed by atoms with Gasteiger partial charge in [0.15, 0.2) is 5.78 Å². The third kappa shape index (κ3) is 2.98. The van der Waals surface area contributed by atoms with Crippen molar-refractivity contribution in [2.75, 3.05) is 0 Å². The number of rotatable bonds is 3. The normalized spacial score (nSPS) is 11.2. The molecule has 2 N–H and O–H groups in total. The highest BCUT2D eigenvalue weighted by atomic mass is 79.9. The van der Waals surface area contributed by atoms with Crippen molar-refractivity contribution in [1.82, 2.24) is 9.97 Å². The van der Waals surface area contributed by atoms with Gasteiger partial charge in [0.25, 0.3) is 0 Å². The van der Waals surface area contributed by atoms with Crippen LogP contribution >= 0.6 is 31.9 Å². The average Bonchev–Trinajstić information content (AvgIpc) is 3.16. The number of nitrogens with one attached hydrogen (secondary N) is 2. The third-order valence-corrected chi connectivity index (χ3v) is 5.20. The molecule has 0 unspecified atom stereocenters. The summed E-state index contributed by atoms with van der Waals surface area (Å²) in [6.07, 6.45) is 5.62. The van der Waals surface area contributed by atoms with Gasteiger partial charge in [-0.2, -0.15) is 0 Å². The van der Waals surface area contributed by atoms with Gasteiger partial charge in [0, 0.05) is 54.3 Å². The first-order chi connectivity index (χ1) is 12.0. The van der Waals surface area contributed by atoms with Crippen LogP contribution in [0, 0.1) is 0 Å². The summed E-state index contributed by atoms with van der Waals surface area (Å²) >= 11 is 7.07. The van der Waals surface area contributed by atoms with Gasteiger partial charge < -0.3 is 9.97 Å². The summed E-state index contributed by atoms with van der Waals surface area (Å²) in [4.78, 5) is 18.5. The van der Waals surface area contributed by atoms with E-state index in [0.717, 1.165) is 47.5 Å². The van der Waals surface area contributed by atoms with Crippen molar-refractivity contribution in [3.8, 4) is 0 Å². The second-order valence-electron chi connectivity index (χ2n) is 5.95. The Kier molecular flexibility index (Phi) is 4.13. The number of fused-ring (bicyclic) bond motifs is 2. The summed E-state index contributed by atoms with van der Waals surface area (Å²) in [7, 11) is 0. The molecule has 124 valence electrons. The third-order valence-electron chi connectivity index (χ3n) is 4.22. The van der Waals surface area contributed by atoms with Gasteiger partial charge in [-0.25, -0.2) is 0 Å². The molecule has 2 heterocycles. The maximum atomic E-state index is 11.9. The molecule has 0 radical (unpaired) electrons. The summed E-state index contributed by atoms with van der Waals surface area (Å²) in [5.74, 6) is 0.0173. The van der Waals surface area contributed by atoms with Crippen molar-refractivity contribution in [3.05, 3.63) is 74.9 Å². The zero-order valence-electron chi connectivity index (χ0n) is 13.4. The number of aromatic nitrogens is 2. The van der Waals surface area contributed by atoms with E-state index < -0.39 is 0 Å². The fourth-order valence-electron chi connectivity index (χ4n) is 3.14. The van der Waals surface area contributed by atoms with Gasteiger partial charge in [-0.1, -0.05) is 31.9 Å². The van der Waals surface area contributed by atoms with Gasteiger partial charge in [-0.3, -0.25) is 4.79 Å². The van der Waals surface area contributed by atoms with Crippen LogP contribution in [0.3, 0.4) is 0 Å². The second kappa shape index (κ2) is 6.32. The zero-order valence-corrected chi connectivity index (χ0v) is 16.5. The van der Waals surface area contributed by atoms with Crippen molar-refractivity contribution >= 4 is 65.0 Å². The van der Waals surface area contributed by atoms with E-state index in [4.69, 9.17) is 0 Å². The molecular formula is C20H14Br2N2O. The van der Waals surface area contributed by atoms with E-state index in [1.807, 2.05) is 36.7 Å². The Labute approximate surface area is 161 Å². The van der Waals surface area contributed by atoms with Gasteiger partial charge in [-0.05, 0) is 55.0 Å². The molecule has 0 aliphatic rings. The van der Waals surface area contributed by atoms with Crippen molar-refractivity contribution in [2.24, 2.45) is 0 Å². The standard InChI is InChI=1S/C20H14Br2N2O/c1-11(25)6-14(17-9-23-19-4-2-12(21)7-15(17)19)18-10-24-20-5-3-13(22)8-16(18)20/h2-10,23-24H,1H3. The lowest BCUT2D eigenvalue weighted by molar-refractivity contribution is -0.112. The molecule has 25 heavy (non-hydrogen) atoms. The molecule has 0 saturated carbocycles. The summed E-state index contributed by atoms with van der Waals surface area (Å²) < 4.78 is 2.01. The number of carbonyl (C=O) groups excluding carboxylic acids is 1. The van der Waals surface area contributed by atoms with Gasteiger partial charge in [0.2, 0.25) is 0 Å². The Morgan fingerprint density at radius 1 is 0.880 bits per heavy atom. The Morgan fingerprint density at radius 2 is 1.36 bits per heavy atom. The van der Waals surface area contributed by atoms with Crippen molar-refractivity contribution in [3.63, 3.8) is 0 Å². The number of aromatic amines is 2. The van der Waals surface area contributed by atoms with Crippen LogP contribution in [0.25, 0.3) is 27.4 Å². The molecule has 2 aromatic carbocycles. The average molecular weight is 458 g/mol. The molecule has 4 rings (SSSR count). The van der Waals surface area contributed by atoms with Crippen molar-refractivity contribution < 1.29 is 4.79 Å². The highest BCUT2D eigenvalue weighted by Gasteiger charge is 2.16. The fourth-order valence-corrected chi connectivity index (χ4v) is 3.86. The topological polar surface area (TPSA) is 48.6 Å². The molecule has 2 aromatic heterocycles. The van der Waals surface area contributed by atoms with Crippen LogP contribution in [0.15, 0.2) is 63.8 Å².